The SMILES string of the molecule is [B][C@@]12CS[C@H](CCCCC(=O)NC/C(=C/C)N=NC(C)C)[C@@H]1NC(=O)N2. The largest absolute Gasteiger partial charge is 0.350 e. The number of unbranched alkanes of at least 4 members (excludes halogenated alkanes) is 1. The van der Waals surface area contributed by atoms with Crippen LogP contribution in [-0.2, 0) is 4.79 Å². The van der Waals surface area contributed by atoms with E-state index in [1.54, 1.807) is 11.8 Å². The molecule has 3 atom stereocenters. The second-order valence-corrected chi connectivity index (χ2v) is 8.31. The first-order chi connectivity index (χ1) is 12.3. The standard InChI is InChI=1S/C17H28BN5O2S/c1-4-12(23-22-11(2)3)9-19-14(24)8-6-5-7-13-15-17(18,10-26-13)21-16(25)20-15/h4,11,13,15H,5-10H2,1-3H3,(H,19,24)(H2,20,21,25)/b12-4-,23-22?/t13-,15+,17-/m1/s1. The van der Waals surface area contributed by atoms with Gasteiger partial charge in [-0.15, -0.1) is 0 Å². The van der Waals surface area contributed by atoms with Crippen LogP contribution in [0, 0.1) is 0 Å². The van der Waals surface area contributed by atoms with Gasteiger partial charge in [0.2, 0.25) is 5.91 Å². The molecule has 2 rings (SSSR count). The van der Waals surface area contributed by atoms with Gasteiger partial charge < -0.3 is 16.0 Å². The summed E-state index contributed by atoms with van der Waals surface area (Å²) >= 11 is 1.79. The minimum absolute atomic E-state index is 0.0205. The predicted molar refractivity (Wildman–Crippen MR) is 105 cm³/mol. The minimum atomic E-state index is -0.628. The summed E-state index contributed by atoms with van der Waals surface area (Å²) in [6, 6.07) is -0.0739. The Morgan fingerprint density at radius 2 is 2.27 bits per heavy atom. The number of azo groups is 1. The molecule has 142 valence electrons. The zero-order valence-electron chi connectivity index (χ0n) is 15.7. The third-order valence-corrected chi connectivity index (χ3v) is 6.04. The molecule has 0 bridgehead atoms. The van der Waals surface area contributed by atoms with Gasteiger partial charge in [-0.2, -0.15) is 22.0 Å². The lowest BCUT2D eigenvalue weighted by molar-refractivity contribution is -0.121. The molecular weight excluding hydrogens is 349 g/mol. The fourth-order valence-corrected chi connectivity index (χ4v) is 4.61. The van der Waals surface area contributed by atoms with Crippen molar-refractivity contribution in [2.24, 2.45) is 10.2 Å². The summed E-state index contributed by atoms with van der Waals surface area (Å²) in [7, 11) is 6.22. The Hall–Kier alpha value is -1.51. The van der Waals surface area contributed by atoms with Crippen molar-refractivity contribution in [3.63, 3.8) is 0 Å². The first-order valence-corrected chi connectivity index (χ1v) is 10.2. The number of hydrogen-bond acceptors (Lipinski definition) is 5. The van der Waals surface area contributed by atoms with Crippen LogP contribution < -0.4 is 16.0 Å². The number of thioether (sulfide) groups is 1. The molecule has 26 heavy (non-hydrogen) atoms. The van der Waals surface area contributed by atoms with Crippen LogP contribution in [0.25, 0.3) is 0 Å². The molecule has 2 aliphatic heterocycles. The van der Waals surface area contributed by atoms with Gasteiger partial charge in [-0.25, -0.2) is 4.79 Å². The molecule has 7 nitrogen and oxygen atoms in total. The molecule has 2 aliphatic rings. The summed E-state index contributed by atoms with van der Waals surface area (Å²) in [6.07, 6.45) is 5.02. The number of allylic oxidation sites excluding steroid dienone is 1. The van der Waals surface area contributed by atoms with Crippen LogP contribution in [-0.4, -0.2) is 54.9 Å². The lowest BCUT2D eigenvalue weighted by Gasteiger charge is -2.24. The Morgan fingerprint density at radius 1 is 1.50 bits per heavy atom. The number of carbonyl (C=O) groups is 2. The Labute approximate surface area is 161 Å². The third kappa shape index (κ3) is 5.76. The second kappa shape index (κ2) is 9.44. The summed E-state index contributed by atoms with van der Waals surface area (Å²) in [5.41, 5.74) is 0.134. The lowest BCUT2D eigenvalue weighted by Crippen LogP contribution is -2.51. The minimum Gasteiger partial charge on any atom is -0.350 e. The number of hydrogen-bond donors (Lipinski definition) is 3. The molecule has 0 aromatic heterocycles. The van der Waals surface area contributed by atoms with Gasteiger partial charge >= 0.3 is 6.03 Å². The number of nitrogens with one attached hydrogen (secondary N) is 3. The quantitative estimate of drug-likeness (QED) is 0.249. The van der Waals surface area contributed by atoms with Crippen LogP contribution in [0.4, 0.5) is 4.79 Å². The molecule has 2 radical (unpaired) electrons. The van der Waals surface area contributed by atoms with Crippen molar-refractivity contribution in [1.29, 1.82) is 0 Å². The van der Waals surface area contributed by atoms with Gasteiger partial charge in [-0.05, 0) is 33.6 Å². The van der Waals surface area contributed by atoms with Crippen molar-refractivity contribution in [3.05, 3.63) is 11.8 Å². The van der Waals surface area contributed by atoms with Crippen molar-refractivity contribution in [1.82, 2.24) is 16.0 Å². The molecule has 0 saturated carbocycles. The molecule has 3 N–H and O–H groups in total. The van der Waals surface area contributed by atoms with Gasteiger partial charge in [0.05, 0.1) is 24.3 Å². The maximum atomic E-state index is 12.0. The molecule has 0 aromatic carbocycles. The van der Waals surface area contributed by atoms with E-state index in [-0.39, 0.29) is 24.0 Å². The Bertz CT molecular complexity index is 584. The molecule has 3 amide bonds. The summed E-state index contributed by atoms with van der Waals surface area (Å²) in [5, 5.41) is 17.1. The third-order valence-electron chi connectivity index (χ3n) is 4.46. The Morgan fingerprint density at radius 3 is 2.96 bits per heavy atom. The maximum absolute atomic E-state index is 12.0. The summed E-state index contributed by atoms with van der Waals surface area (Å²) in [4.78, 5) is 23.5. The van der Waals surface area contributed by atoms with Crippen molar-refractivity contribution < 1.29 is 9.59 Å². The van der Waals surface area contributed by atoms with E-state index in [4.69, 9.17) is 7.85 Å². The van der Waals surface area contributed by atoms with Crippen LogP contribution in [0.3, 0.4) is 0 Å². The number of nitrogens with zero attached hydrogens (tertiary/aromatic N) is 2. The van der Waals surface area contributed by atoms with E-state index < -0.39 is 5.44 Å². The monoisotopic (exact) mass is 377 g/mol. The van der Waals surface area contributed by atoms with Crippen LogP contribution in [0.15, 0.2) is 22.0 Å². The number of fused-ring (bicyclic) bond motifs is 1. The molecule has 0 aromatic rings. The summed E-state index contributed by atoms with van der Waals surface area (Å²) < 4.78 is 0. The maximum Gasteiger partial charge on any atom is 0.314 e. The topological polar surface area (TPSA) is 94.9 Å². The zero-order valence-corrected chi connectivity index (χ0v) is 16.6. The van der Waals surface area contributed by atoms with E-state index in [9.17, 15) is 9.59 Å². The van der Waals surface area contributed by atoms with Crippen molar-refractivity contribution in [3.8, 4) is 0 Å². The first-order valence-electron chi connectivity index (χ1n) is 9.16. The highest BCUT2D eigenvalue weighted by molar-refractivity contribution is 8.00. The van der Waals surface area contributed by atoms with Crippen LogP contribution >= 0.6 is 11.8 Å². The van der Waals surface area contributed by atoms with E-state index in [0.29, 0.717) is 18.2 Å². The molecule has 2 saturated heterocycles. The Kier molecular flexibility index (Phi) is 7.55. The smallest absolute Gasteiger partial charge is 0.314 e. The van der Waals surface area contributed by atoms with Gasteiger partial charge in [0.25, 0.3) is 0 Å². The highest BCUT2D eigenvalue weighted by Crippen LogP contribution is 2.38. The predicted octanol–water partition coefficient (Wildman–Crippen LogP) is 2.09. The van der Waals surface area contributed by atoms with Crippen LogP contribution in [0.1, 0.15) is 46.5 Å². The number of carbonyl (C=O) groups excluding carboxylic acids is 2. The highest BCUT2D eigenvalue weighted by Gasteiger charge is 2.50. The van der Waals surface area contributed by atoms with Gasteiger partial charge in [0.15, 0.2) is 0 Å². The highest BCUT2D eigenvalue weighted by atomic mass is 32.2. The van der Waals surface area contributed by atoms with Gasteiger partial charge in [-0.3, -0.25) is 4.79 Å². The average molecular weight is 377 g/mol. The number of amides is 3. The van der Waals surface area contributed by atoms with Gasteiger partial charge in [-0.1, -0.05) is 12.5 Å². The van der Waals surface area contributed by atoms with Crippen LogP contribution in [0.5, 0.6) is 0 Å². The van der Waals surface area contributed by atoms with E-state index in [1.807, 2.05) is 26.8 Å². The van der Waals surface area contributed by atoms with Gasteiger partial charge in [0, 0.05) is 22.9 Å². The average Bonchev–Trinajstić information content (AvgIpc) is 3.03. The summed E-state index contributed by atoms with van der Waals surface area (Å²) in [6.45, 7) is 6.20. The normalized spacial score (nSPS) is 28.3. The van der Waals surface area contributed by atoms with E-state index >= 15 is 0 Å². The van der Waals surface area contributed by atoms with E-state index in [2.05, 4.69) is 26.2 Å². The fourth-order valence-electron chi connectivity index (χ4n) is 3.03. The summed E-state index contributed by atoms with van der Waals surface area (Å²) in [5.74, 6) is 0.741. The number of rotatable bonds is 9. The fraction of sp³-hybridized carbons (Fsp3) is 0.765. The molecule has 9 heteroatoms. The Balaban J connectivity index is 1.63. The zero-order chi connectivity index (χ0) is 19.2. The second-order valence-electron chi connectivity index (χ2n) is 7.08. The molecule has 2 fully saturated rings. The van der Waals surface area contributed by atoms with E-state index in [1.165, 1.54) is 0 Å². The first kappa shape index (κ1) is 20.8. The van der Waals surface area contributed by atoms with Crippen molar-refractivity contribution in [2.45, 2.75) is 69.2 Å². The van der Waals surface area contributed by atoms with Crippen molar-refractivity contribution >= 4 is 31.5 Å². The number of urea groups is 1. The van der Waals surface area contributed by atoms with Crippen molar-refractivity contribution in [2.75, 3.05) is 12.3 Å². The molecule has 0 unspecified atom stereocenters. The lowest BCUT2D eigenvalue weighted by atomic mass is 9.73. The van der Waals surface area contributed by atoms with Crippen LogP contribution in [0.2, 0.25) is 0 Å². The van der Waals surface area contributed by atoms with E-state index in [0.717, 1.165) is 30.7 Å². The molecule has 0 aliphatic carbocycles. The van der Waals surface area contributed by atoms with Gasteiger partial charge in [0.1, 0.15) is 7.85 Å². The molecular formula is C17H28BN5O2S. The molecule has 0 spiro atoms. The molecule has 2 heterocycles.